The molecule has 0 unspecified atom stereocenters. The van der Waals surface area contributed by atoms with Gasteiger partial charge in [0, 0.05) is 11.3 Å². The minimum absolute atomic E-state index is 0.246. The molecule has 0 bridgehead atoms. The fraction of sp³-hybridized carbons (Fsp3) is 0.167. The summed E-state index contributed by atoms with van der Waals surface area (Å²) in [7, 11) is 0. The van der Waals surface area contributed by atoms with Crippen molar-refractivity contribution in [3.05, 3.63) is 45.9 Å². The van der Waals surface area contributed by atoms with Crippen molar-refractivity contribution in [2.45, 2.75) is 13.5 Å². The van der Waals surface area contributed by atoms with Gasteiger partial charge >= 0.3 is 5.97 Å². The Kier molecular flexibility index (Phi) is 3.39. The predicted octanol–water partition coefficient (Wildman–Crippen LogP) is 2.73. The van der Waals surface area contributed by atoms with Crippen molar-refractivity contribution in [1.29, 1.82) is 0 Å². The smallest absolute Gasteiger partial charge is 0.346 e. The zero-order chi connectivity index (χ0) is 12.3. The van der Waals surface area contributed by atoms with Gasteiger partial charge in [-0.1, -0.05) is 0 Å². The lowest BCUT2D eigenvalue weighted by Crippen LogP contribution is -2.01. The monoisotopic (exact) mass is 249 g/mol. The van der Waals surface area contributed by atoms with E-state index in [9.17, 15) is 4.79 Å². The van der Waals surface area contributed by atoms with Gasteiger partial charge < -0.3 is 9.84 Å². The predicted molar refractivity (Wildman–Crippen MR) is 64.6 cm³/mol. The lowest BCUT2D eigenvalue weighted by molar-refractivity contribution is 0.0699. The minimum Gasteiger partial charge on any atom is -0.487 e. The molecule has 0 aliphatic carbocycles. The summed E-state index contributed by atoms with van der Waals surface area (Å²) in [4.78, 5) is 15.3. The Hall–Kier alpha value is -1.88. The Morgan fingerprint density at radius 1 is 1.47 bits per heavy atom. The standard InChI is InChI=1S/C12H11NO3S/c1-8-2-3-10(6-13-8)16-7-9-4-5-17-11(9)12(14)15/h2-6H,7H2,1H3,(H,14,15). The van der Waals surface area contributed by atoms with E-state index < -0.39 is 5.97 Å². The van der Waals surface area contributed by atoms with E-state index in [1.165, 1.54) is 11.3 Å². The average Bonchev–Trinajstić information content (AvgIpc) is 2.76. The molecule has 88 valence electrons. The Morgan fingerprint density at radius 3 is 2.94 bits per heavy atom. The summed E-state index contributed by atoms with van der Waals surface area (Å²) in [6.45, 7) is 2.14. The molecule has 17 heavy (non-hydrogen) atoms. The van der Waals surface area contributed by atoms with Crippen molar-refractivity contribution < 1.29 is 14.6 Å². The first-order chi connectivity index (χ1) is 8.16. The first-order valence-electron chi connectivity index (χ1n) is 5.02. The average molecular weight is 249 g/mol. The maximum Gasteiger partial charge on any atom is 0.346 e. The zero-order valence-electron chi connectivity index (χ0n) is 9.21. The van der Waals surface area contributed by atoms with Crippen LogP contribution in [0.25, 0.3) is 0 Å². The third-order valence-electron chi connectivity index (χ3n) is 2.22. The number of carboxylic acids is 1. The molecule has 2 aromatic heterocycles. The number of ether oxygens (including phenoxy) is 1. The number of aryl methyl sites for hydroxylation is 1. The quantitative estimate of drug-likeness (QED) is 0.905. The summed E-state index contributed by atoms with van der Waals surface area (Å²) in [6.07, 6.45) is 1.63. The maximum atomic E-state index is 10.9. The Bertz CT molecular complexity index is 519. The van der Waals surface area contributed by atoms with E-state index >= 15 is 0 Å². The van der Waals surface area contributed by atoms with E-state index in [0.29, 0.717) is 16.2 Å². The van der Waals surface area contributed by atoms with Crippen LogP contribution < -0.4 is 4.74 Å². The van der Waals surface area contributed by atoms with Gasteiger partial charge in [0.05, 0.1) is 6.20 Å². The van der Waals surface area contributed by atoms with E-state index in [1.54, 1.807) is 17.6 Å². The molecule has 4 nitrogen and oxygen atoms in total. The summed E-state index contributed by atoms with van der Waals surface area (Å²) in [6, 6.07) is 5.42. The molecule has 0 aliphatic heterocycles. The normalized spacial score (nSPS) is 10.2. The highest BCUT2D eigenvalue weighted by molar-refractivity contribution is 7.12. The Balaban J connectivity index is 2.05. The highest BCUT2D eigenvalue weighted by Crippen LogP contribution is 2.19. The molecule has 5 heteroatoms. The van der Waals surface area contributed by atoms with Gasteiger partial charge in [-0.3, -0.25) is 4.98 Å². The van der Waals surface area contributed by atoms with Gasteiger partial charge in [-0.25, -0.2) is 4.79 Å². The number of carboxylic acid groups (broad SMARTS) is 1. The first-order valence-corrected chi connectivity index (χ1v) is 5.90. The van der Waals surface area contributed by atoms with Crippen LogP contribution in [0, 0.1) is 6.92 Å². The number of thiophene rings is 1. The van der Waals surface area contributed by atoms with Gasteiger partial charge in [0.1, 0.15) is 17.2 Å². The molecule has 0 spiro atoms. The molecule has 0 amide bonds. The van der Waals surface area contributed by atoms with Gasteiger partial charge in [0.25, 0.3) is 0 Å². The number of nitrogens with zero attached hydrogens (tertiary/aromatic N) is 1. The number of hydrogen-bond acceptors (Lipinski definition) is 4. The molecule has 2 rings (SSSR count). The second kappa shape index (κ2) is 4.97. The highest BCUT2D eigenvalue weighted by atomic mass is 32.1. The van der Waals surface area contributed by atoms with Gasteiger partial charge in [0.2, 0.25) is 0 Å². The van der Waals surface area contributed by atoms with E-state index in [4.69, 9.17) is 9.84 Å². The molecule has 0 aliphatic rings. The van der Waals surface area contributed by atoms with E-state index in [0.717, 1.165) is 5.69 Å². The van der Waals surface area contributed by atoms with Crippen molar-refractivity contribution in [1.82, 2.24) is 4.98 Å². The van der Waals surface area contributed by atoms with Crippen LogP contribution >= 0.6 is 11.3 Å². The molecule has 0 radical (unpaired) electrons. The third-order valence-corrected chi connectivity index (χ3v) is 3.16. The van der Waals surface area contributed by atoms with Crippen LogP contribution in [0.5, 0.6) is 5.75 Å². The lowest BCUT2D eigenvalue weighted by atomic mass is 10.3. The summed E-state index contributed by atoms with van der Waals surface area (Å²) in [5.41, 5.74) is 1.60. The summed E-state index contributed by atoms with van der Waals surface area (Å²) in [5.74, 6) is -0.279. The third kappa shape index (κ3) is 2.82. The molecule has 0 aromatic carbocycles. The Labute approximate surface area is 103 Å². The van der Waals surface area contributed by atoms with Gasteiger partial charge in [-0.2, -0.15) is 0 Å². The molecule has 0 fully saturated rings. The number of hydrogen-bond donors (Lipinski definition) is 1. The van der Waals surface area contributed by atoms with Crippen LogP contribution in [0.1, 0.15) is 20.9 Å². The van der Waals surface area contributed by atoms with E-state index in [-0.39, 0.29) is 6.61 Å². The van der Waals surface area contributed by atoms with Crippen LogP contribution in [-0.4, -0.2) is 16.1 Å². The molecule has 0 saturated carbocycles. The first kappa shape index (κ1) is 11.6. The zero-order valence-corrected chi connectivity index (χ0v) is 10.0. The lowest BCUT2D eigenvalue weighted by Gasteiger charge is -2.05. The SMILES string of the molecule is Cc1ccc(OCc2ccsc2C(=O)O)cn1. The van der Waals surface area contributed by atoms with Crippen LogP contribution in [0.2, 0.25) is 0 Å². The van der Waals surface area contributed by atoms with Crippen molar-refractivity contribution in [2.75, 3.05) is 0 Å². The second-order valence-corrected chi connectivity index (χ2v) is 4.42. The molecule has 0 saturated heterocycles. The summed E-state index contributed by atoms with van der Waals surface area (Å²) < 4.78 is 5.48. The van der Waals surface area contributed by atoms with Crippen LogP contribution in [0.3, 0.4) is 0 Å². The largest absolute Gasteiger partial charge is 0.487 e. The maximum absolute atomic E-state index is 10.9. The summed E-state index contributed by atoms with van der Waals surface area (Å²) in [5, 5.41) is 10.7. The highest BCUT2D eigenvalue weighted by Gasteiger charge is 2.11. The van der Waals surface area contributed by atoms with E-state index in [1.807, 2.05) is 19.1 Å². The Morgan fingerprint density at radius 2 is 2.29 bits per heavy atom. The van der Waals surface area contributed by atoms with Crippen molar-refractivity contribution in [3.63, 3.8) is 0 Å². The van der Waals surface area contributed by atoms with Crippen LogP contribution in [0.15, 0.2) is 29.8 Å². The van der Waals surface area contributed by atoms with Crippen LogP contribution in [-0.2, 0) is 6.61 Å². The summed E-state index contributed by atoms with van der Waals surface area (Å²) >= 11 is 1.20. The fourth-order valence-electron chi connectivity index (χ4n) is 1.34. The number of aromatic nitrogens is 1. The molecular formula is C12H11NO3S. The van der Waals surface area contributed by atoms with E-state index in [2.05, 4.69) is 4.98 Å². The molecule has 0 atom stereocenters. The minimum atomic E-state index is -0.916. The molecular weight excluding hydrogens is 238 g/mol. The molecule has 1 N–H and O–H groups in total. The topological polar surface area (TPSA) is 59.4 Å². The second-order valence-electron chi connectivity index (χ2n) is 3.50. The van der Waals surface area contributed by atoms with Gasteiger partial charge in [0.15, 0.2) is 0 Å². The van der Waals surface area contributed by atoms with Gasteiger partial charge in [-0.05, 0) is 30.5 Å². The number of rotatable bonds is 4. The molecule has 2 aromatic rings. The van der Waals surface area contributed by atoms with Crippen molar-refractivity contribution >= 4 is 17.3 Å². The number of pyridine rings is 1. The molecule has 2 heterocycles. The fourth-order valence-corrected chi connectivity index (χ4v) is 2.09. The number of carbonyl (C=O) groups is 1. The number of aromatic carboxylic acids is 1. The van der Waals surface area contributed by atoms with Gasteiger partial charge in [-0.15, -0.1) is 11.3 Å². The van der Waals surface area contributed by atoms with Crippen molar-refractivity contribution in [3.8, 4) is 5.75 Å². The van der Waals surface area contributed by atoms with Crippen LogP contribution in [0.4, 0.5) is 0 Å². The van der Waals surface area contributed by atoms with Crippen molar-refractivity contribution in [2.24, 2.45) is 0 Å².